The lowest BCUT2D eigenvalue weighted by molar-refractivity contribution is -0.0690. The molecule has 2 aliphatic heterocycles. The molecule has 0 N–H and O–H groups in total. The maximum Gasteiger partial charge on any atom is 0.225 e. The second kappa shape index (κ2) is 7.90. The van der Waals surface area contributed by atoms with Gasteiger partial charge in [0.05, 0.1) is 16.7 Å². The Balaban J connectivity index is 1.41. The van der Waals surface area contributed by atoms with Crippen molar-refractivity contribution in [3.8, 4) is 0 Å². The predicted octanol–water partition coefficient (Wildman–Crippen LogP) is 2.95. The lowest BCUT2D eigenvalue weighted by Crippen LogP contribution is -2.46. The van der Waals surface area contributed by atoms with Crippen LogP contribution < -0.4 is 4.90 Å². The van der Waals surface area contributed by atoms with Crippen molar-refractivity contribution in [1.82, 2.24) is 14.9 Å². The van der Waals surface area contributed by atoms with E-state index in [-0.39, 0.29) is 0 Å². The Bertz CT molecular complexity index is 480. The standard InChI is InChI=1S/C17H27BrN4O/c1-13-11-21(12-14(2)23-13)6-3-15-4-7-22(8-5-15)17-19-9-16(18)10-20-17/h9-10,13-15H,3-8,11-12H2,1-2H3. The van der Waals surface area contributed by atoms with Crippen molar-refractivity contribution < 1.29 is 4.74 Å². The molecule has 2 saturated heterocycles. The zero-order chi connectivity index (χ0) is 16.2. The van der Waals surface area contributed by atoms with Crippen molar-refractivity contribution in [3.05, 3.63) is 16.9 Å². The third-order valence-corrected chi connectivity index (χ3v) is 5.26. The van der Waals surface area contributed by atoms with Gasteiger partial charge in [0.1, 0.15) is 0 Å². The first-order chi connectivity index (χ1) is 11.1. The number of ether oxygens (including phenoxy) is 1. The van der Waals surface area contributed by atoms with Crippen molar-refractivity contribution in [1.29, 1.82) is 0 Å². The highest BCUT2D eigenvalue weighted by atomic mass is 79.9. The molecular weight excluding hydrogens is 356 g/mol. The van der Waals surface area contributed by atoms with E-state index in [1.807, 2.05) is 12.4 Å². The summed E-state index contributed by atoms with van der Waals surface area (Å²) in [4.78, 5) is 13.7. The Morgan fingerprint density at radius 3 is 2.35 bits per heavy atom. The number of aromatic nitrogens is 2. The van der Waals surface area contributed by atoms with Crippen LogP contribution in [0.1, 0.15) is 33.1 Å². The fraction of sp³-hybridized carbons (Fsp3) is 0.765. The predicted molar refractivity (Wildman–Crippen MR) is 95.7 cm³/mol. The van der Waals surface area contributed by atoms with E-state index in [0.29, 0.717) is 12.2 Å². The van der Waals surface area contributed by atoms with E-state index in [1.54, 1.807) is 0 Å². The fourth-order valence-corrected chi connectivity index (χ4v) is 3.93. The summed E-state index contributed by atoms with van der Waals surface area (Å²) in [6, 6.07) is 0. The molecule has 3 heterocycles. The van der Waals surface area contributed by atoms with Gasteiger partial charge in [-0.15, -0.1) is 0 Å². The highest BCUT2D eigenvalue weighted by Gasteiger charge is 2.25. The Morgan fingerprint density at radius 1 is 1.13 bits per heavy atom. The molecule has 2 atom stereocenters. The summed E-state index contributed by atoms with van der Waals surface area (Å²) in [5.41, 5.74) is 0. The van der Waals surface area contributed by atoms with Crippen LogP contribution in [0.15, 0.2) is 16.9 Å². The molecule has 3 rings (SSSR count). The van der Waals surface area contributed by atoms with Crippen molar-refractivity contribution in [2.24, 2.45) is 5.92 Å². The first-order valence-corrected chi connectivity index (χ1v) is 9.50. The maximum absolute atomic E-state index is 5.81. The van der Waals surface area contributed by atoms with Gasteiger partial charge in [-0.3, -0.25) is 4.90 Å². The monoisotopic (exact) mass is 382 g/mol. The van der Waals surface area contributed by atoms with Gasteiger partial charge >= 0.3 is 0 Å². The molecule has 6 heteroatoms. The van der Waals surface area contributed by atoms with Crippen molar-refractivity contribution in [3.63, 3.8) is 0 Å². The molecule has 0 aliphatic carbocycles. The van der Waals surface area contributed by atoms with Crippen LogP contribution in [0, 0.1) is 5.92 Å². The Kier molecular flexibility index (Phi) is 5.88. The number of hydrogen-bond acceptors (Lipinski definition) is 5. The molecular formula is C17H27BrN4O. The molecule has 1 aromatic heterocycles. The number of morpholine rings is 1. The molecule has 23 heavy (non-hydrogen) atoms. The third-order valence-electron chi connectivity index (χ3n) is 4.85. The number of piperidine rings is 1. The topological polar surface area (TPSA) is 41.5 Å². The van der Waals surface area contributed by atoms with Gasteiger partial charge in [0.15, 0.2) is 0 Å². The number of rotatable bonds is 4. The van der Waals surface area contributed by atoms with Gasteiger partial charge in [0.25, 0.3) is 0 Å². The van der Waals surface area contributed by atoms with E-state index in [2.05, 4.69) is 49.5 Å². The third kappa shape index (κ3) is 4.88. The van der Waals surface area contributed by atoms with Crippen molar-refractivity contribution in [2.45, 2.75) is 45.3 Å². The molecule has 0 amide bonds. The van der Waals surface area contributed by atoms with Gasteiger partial charge in [-0.25, -0.2) is 9.97 Å². The minimum Gasteiger partial charge on any atom is -0.373 e. The van der Waals surface area contributed by atoms with Gasteiger partial charge in [0, 0.05) is 38.6 Å². The van der Waals surface area contributed by atoms with Gasteiger partial charge in [-0.05, 0) is 61.5 Å². The van der Waals surface area contributed by atoms with E-state index in [1.165, 1.54) is 25.8 Å². The normalized spacial score (nSPS) is 27.3. The van der Waals surface area contributed by atoms with Gasteiger partial charge < -0.3 is 9.64 Å². The van der Waals surface area contributed by atoms with E-state index in [9.17, 15) is 0 Å². The van der Waals surface area contributed by atoms with Crippen LogP contribution in [0.3, 0.4) is 0 Å². The lowest BCUT2D eigenvalue weighted by Gasteiger charge is -2.37. The van der Waals surface area contributed by atoms with E-state index >= 15 is 0 Å². The van der Waals surface area contributed by atoms with Crippen LogP contribution in [0.2, 0.25) is 0 Å². The summed E-state index contributed by atoms with van der Waals surface area (Å²) in [5.74, 6) is 1.69. The minimum absolute atomic E-state index is 0.371. The number of nitrogens with zero attached hydrogens (tertiary/aromatic N) is 4. The molecule has 2 aliphatic rings. The summed E-state index contributed by atoms with van der Waals surface area (Å²) < 4.78 is 6.75. The van der Waals surface area contributed by atoms with Crippen LogP contribution in [-0.4, -0.2) is 59.8 Å². The summed E-state index contributed by atoms with van der Waals surface area (Å²) >= 11 is 3.39. The SMILES string of the molecule is CC1CN(CCC2CCN(c3ncc(Br)cn3)CC2)CC(C)O1. The first-order valence-electron chi connectivity index (χ1n) is 8.70. The number of anilines is 1. The molecule has 0 aromatic carbocycles. The summed E-state index contributed by atoms with van der Waals surface area (Å²) in [7, 11) is 0. The van der Waals surface area contributed by atoms with E-state index in [4.69, 9.17) is 4.74 Å². The van der Waals surface area contributed by atoms with Crippen molar-refractivity contribution >= 4 is 21.9 Å². The molecule has 0 spiro atoms. The Morgan fingerprint density at radius 2 is 1.74 bits per heavy atom. The average molecular weight is 383 g/mol. The Labute approximate surface area is 147 Å². The highest BCUT2D eigenvalue weighted by Crippen LogP contribution is 2.24. The van der Waals surface area contributed by atoms with Gasteiger partial charge in [-0.1, -0.05) is 0 Å². The van der Waals surface area contributed by atoms with Crippen LogP contribution in [-0.2, 0) is 4.74 Å². The summed E-state index contributed by atoms with van der Waals surface area (Å²) in [6.07, 6.45) is 8.19. The number of halogens is 1. The second-order valence-corrected chi connectivity index (χ2v) is 7.85. The van der Waals surface area contributed by atoms with Crippen LogP contribution in [0.5, 0.6) is 0 Å². The van der Waals surface area contributed by atoms with Crippen LogP contribution in [0.25, 0.3) is 0 Å². The molecule has 5 nitrogen and oxygen atoms in total. The van der Waals surface area contributed by atoms with Crippen LogP contribution >= 0.6 is 15.9 Å². The quantitative estimate of drug-likeness (QED) is 0.800. The lowest BCUT2D eigenvalue weighted by atomic mass is 9.93. The molecule has 2 unspecified atom stereocenters. The maximum atomic E-state index is 5.81. The molecule has 0 radical (unpaired) electrons. The Hall–Kier alpha value is -0.720. The largest absolute Gasteiger partial charge is 0.373 e. The van der Waals surface area contributed by atoms with Crippen LogP contribution in [0.4, 0.5) is 5.95 Å². The zero-order valence-electron chi connectivity index (χ0n) is 14.1. The first kappa shape index (κ1) is 17.1. The van der Waals surface area contributed by atoms with E-state index < -0.39 is 0 Å². The van der Waals surface area contributed by atoms with Gasteiger partial charge in [0.2, 0.25) is 5.95 Å². The second-order valence-electron chi connectivity index (χ2n) is 6.94. The molecule has 0 saturated carbocycles. The zero-order valence-corrected chi connectivity index (χ0v) is 15.7. The smallest absolute Gasteiger partial charge is 0.225 e. The minimum atomic E-state index is 0.371. The van der Waals surface area contributed by atoms with Gasteiger partial charge in [-0.2, -0.15) is 0 Å². The molecule has 0 bridgehead atoms. The fourth-order valence-electron chi connectivity index (χ4n) is 3.72. The average Bonchev–Trinajstić information content (AvgIpc) is 2.53. The molecule has 128 valence electrons. The number of hydrogen-bond donors (Lipinski definition) is 0. The van der Waals surface area contributed by atoms with E-state index in [0.717, 1.165) is 42.5 Å². The summed E-state index contributed by atoms with van der Waals surface area (Å²) in [6.45, 7) is 9.87. The molecule has 2 fully saturated rings. The van der Waals surface area contributed by atoms with Crippen molar-refractivity contribution in [2.75, 3.05) is 37.6 Å². The highest BCUT2D eigenvalue weighted by molar-refractivity contribution is 9.10. The summed E-state index contributed by atoms with van der Waals surface area (Å²) in [5, 5.41) is 0. The molecule has 1 aromatic rings.